The van der Waals surface area contributed by atoms with Crippen molar-refractivity contribution in [1.29, 1.82) is 0 Å². The lowest BCUT2D eigenvalue weighted by Crippen LogP contribution is -2.55. The average molecular weight is 557 g/mol. The van der Waals surface area contributed by atoms with E-state index in [4.69, 9.17) is 23.2 Å². The largest absolute Gasteiger partial charge is 0.350 e. The lowest BCUT2D eigenvalue weighted by atomic mass is 10.1. The first-order valence-electron chi connectivity index (χ1n) is 11.6. The predicted octanol–water partition coefficient (Wildman–Crippen LogP) is 5.10. The third-order valence-corrected chi connectivity index (χ3v) is 7.27. The normalized spacial score (nSPS) is 12.7. The van der Waals surface area contributed by atoms with Crippen LogP contribution in [-0.2, 0) is 26.2 Å². The summed E-state index contributed by atoms with van der Waals surface area (Å²) >= 11 is 12.2. The van der Waals surface area contributed by atoms with Crippen molar-refractivity contribution in [3.8, 4) is 0 Å². The Kier molecular flexibility index (Phi) is 9.84. The van der Waals surface area contributed by atoms with Gasteiger partial charge in [-0.05, 0) is 82.0 Å². The predicted molar refractivity (Wildman–Crippen MR) is 147 cm³/mol. The van der Waals surface area contributed by atoms with Crippen molar-refractivity contribution in [3.05, 3.63) is 63.1 Å². The molecule has 0 aromatic heterocycles. The third kappa shape index (κ3) is 8.39. The number of rotatable bonds is 9. The molecule has 0 bridgehead atoms. The first-order chi connectivity index (χ1) is 16.5. The van der Waals surface area contributed by atoms with Crippen molar-refractivity contribution in [2.75, 3.05) is 17.1 Å². The van der Waals surface area contributed by atoms with Gasteiger partial charge in [-0.3, -0.25) is 13.9 Å². The van der Waals surface area contributed by atoms with E-state index in [1.165, 1.54) is 4.90 Å². The number of carbonyl (C=O) groups is 2. The summed E-state index contributed by atoms with van der Waals surface area (Å²) in [4.78, 5) is 28.4. The summed E-state index contributed by atoms with van der Waals surface area (Å²) in [5, 5.41) is 3.62. The lowest BCUT2D eigenvalue weighted by Gasteiger charge is -2.34. The van der Waals surface area contributed by atoms with Crippen LogP contribution in [0.2, 0.25) is 10.0 Å². The highest BCUT2D eigenvalue weighted by atomic mass is 35.5. The van der Waals surface area contributed by atoms with Gasteiger partial charge in [-0.1, -0.05) is 42.3 Å². The molecule has 2 rings (SSSR count). The van der Waals surface area contributed by atoms with Crippen LogP contribution < -0.4 is 9.62 Å². The van der Waals surface area contributed by atoms with Gasteiger partial charge in [-0.2, -0.15) is 0 Å². The Bertz CT molecular complexity index is 1210. The number of benzene rings is 2. The second kappa shape index (κ2) is 11.8. The van der Waals surface area contributed by atoms with Crippen LogP contribution in [0.3, 0.4) is 0 Å². The first kappa shape index (κ1) is 29.9. The van der Waals surface area contributed by atoms with Crippen molar-refractivity contribution in [1.82, 2.24) is 10.2 Å². The Morgan fingerprint density at radius 1 is 1.00 bits per heavy atom. The molecular weight excluding hydrogens is 521 g/mol. The number of nitrogens with zero attached hydrogens (tertiary/aromatic N) is 2. The van der Waals surface area contributed by atoms with E-state index in [0.29, 0.717) is 27.7 Å². The highest BCUT2D eigenvalue weighted by Crippen LogP contribution is 2.25. The van der Waals surface area contributed by atoms with Gasteiger partial charge < -0.3 is 10.2 Å². The van der Waals surface area contributed by atoms with E-state index >= 15 is 0 Å². The van der Waals surface area contributed by atoms with Gasteiger partial charge in [0.25, 0.3) is 0 Å². The minimum Gasteiger partial charge on any atom is -0.350 e. The van der Waals surface area contributed by atoms with Crippen LogP contribution in [0.5, 0.6) is 0 Å². The number of nitrogens with one attached hydrogen (secondary N) is 1. The second-order valence-corrected chi connectivity index (χ2v) is 12.8. The number of amides is 2. The number of hydrogen-bond acceptors (Lipinski definition) is 4. The molecule has 0 aliphatic heterocycles. The van der Waals surface area contributed by atoms with Crippen molar-refractivity contribution in [2.45, 2.75) is 66.1 Å². The maximum atomic E-state index is 13.8. The maximum Gasteiger partial charge on any atom is 0.244 e. The Morgan fingerprint density at radius 2 is 1.58 bits per heavy atom. The van der Waals surface area contributed by atoms with Crippen LogP contribution in [0.1, 0.15) is 50.8 Å². The molecule has 0 radical (unpaired) electrons. The molecule has 0 saturated heterocycles. The van der Waals surface area contributed by atoms with Crippen LogP contribution in [0, 0.1) is 13.8 Å². The molecule has 0 spiro atoms. The number of sulfonamides is 1. The topological polar surface area (TPSA) is 86.8 Å². The minimum atomic E-state index is -3.80. The van der Waals surface area contributed by atoms with Crippen LogP contribution in [0.25, 0.3) is 0 Å². The Balaban J connectivity index is 2.52. The molecular formula is C26H35Cl2N3O4S. The highest BCUT2D eigenvalue weighted by molar-refractivity contribution is 7.92. The minimum absolute atomic E-state index is 0.0518. The molecule has 2 amide bonds. The van der Waals surface area contributed by atoms with Crippen LogP contribution in [0.15, 0.2) is 36.4 Å². The number of hydrogen-bond donors (Lipinski definition) is 1. The molecule has 0 aliphatic carbocycles. The van der Waals surface area contributed by atoms with E-state index in [1.807, 2.05) is 40.7 Å². The molecule has 36 heavy (non-hydrogen) atoms. The van der Waals surface area contributed by atoms with Crippen LogP contribution in [-0.4, -0.2) is 49.5 Å². The van der Waals surface area contributed by atoms with Gasteiger partial charge in [0, 0.05) is 12.1 Å². The number of aryl methyl sites for hydroxylation is 2. The zero-order chi connectivity index (χ0) is 27.4. The van der Waals surface area contributed by atoms with Gasteiger partial charge in [0.15, 0.2) is 0 Å². The van der Waals surface area contributed by atoms with E-state index < -0.39 is 34.1 Å². The number of carbonyl (C=O) groups excluding carboxylic acids is 2. The summed E-state index contributed by atoms with van der Waals surface area (Å²) in [7, 11) is -3.80. The Morgan fingerprint density at radius 3 is 2.06 bits per heavy atom. The van der Waals surface area contributed by atoms with Crippen LogP contribution in [0.4, 0.5) is 5.69 Å². The van der Waals surface area contributed by atoms with E-state index in [9.17, 15) is 18.0 Å². The number of anilines is 1. The molecule has 1 atom stereocenters. The molecule has 1 N–H and O–H groups in total. The molecule has 0 aliphatic rings. The molecule has 0 unspecified atom stereocenters. The lowest BCUT2D eigenvalue weighted by molar-refractivity contribution is -0.141. The molecule has 198 valence electrons. The zero-order valence-electron chi connectivity index (χ0n) is 21.9. The van der Waals surface area contributed by atoms with Crippen LogP contribution >= 0.6 is 23.2 Å². The molecule has 7 nitrogen and oxygen atoms in total. The summed E-state index contributed by atoms with van der Waals surface area (Å²) in [6.07, 6.45) is 1.39. The summed E-state index contributed by atoms with van der Waals surface area (Å²) in [6.45, 7) is 10.7. The van der Waals surface area contributed by atoms with Gasteiger partial charge in [-0.25, -0.2) is 8.42 Å². The standard InChI is InChI=1S/C26H35Cl2N3O4S/c1-8-23(25(33)29-26(4,5)6)30(15-19-9-10-21(27)22(28)14-19)24(32)16-31(36(7,34)35)20-12-17(2)11-18(3)13-20/h9-14,23H,8,15-16H2,1-7H3,(H,29,33)/t23-/m1/s1. The molecule has 2 aromatic carbocycles. The van der Waals surface area contributed by atoms with Crippen molar-refractivity contribution in [2.24, 2.45) is 0 Å². The van der Waals surface area contributed by atoms with Gasteiger partial charge in [0.1, 0.15) is 12.6 Å². The highest BCUT2D eigenvalue weighted by Gasteiger charge is 2.33. The molecule has 0 saturated carbocycles. The smallest absolute Gasteiger partial charge is 0.244 e. The Hall–Kier alpha value is -2.29. The third-order valence-electron chi connectivity index (χ3n) is 5.39. The quantitative estimate of drug-likeness (QED) is 0.466. The van der Waals surface area contributed by atoms with E-state index in [2.05, 4.69) is 5.32 Å². The zero-order valence-corrected chi connectivity index (χ0v) is 24.2. The maximum absolute atomic E-state index is 13.8. The van der Waals surface area contributed by atoms with Crippen molar-refractivity contribution in [3.63, 3.8) is 0 Å². The van der Waals surface area contributed by atoms with E-state index in [-0.39, 0.29) is 12.5 Å². The Labute approximate surface area is 224 Å². The summed E-state index contributed by atoms with van der Waals surface area (Å²) < 4.78 is 26.6. The van der Waals surface area contributed by atoms with E-state index in [1.54, 1.807) is 37.3 Å². The number of halogens is 2. The van der Waals surface area contributed by atoms with Gasteiger partial charge in [-0.15, -0.1) is 0 Å². The average Bonchev–Trinajstić information content (AvgIpc) is 2.71. The summed E-state index contributed by atoms with van der Waals surface area (Å²) in [5.41, 5.74) is 2.28. The van der Waals surface area contributed by atoms with Crippen molar-refractivity contribution >= 4 is 50.7 Å². The molecule has 0 heterocycles. The fourth-order valence-corrected chi connectivity index (χ4v) is 5.07. The second-order valence-electron chi connectivity index (χ2n) is 10.0. The fraction of sp³-hybridized carbons (Fsp3) is 0.462. The molecule has 10 heteroatoms. The van der Waals surface area contributed by atoms with Gasteiger partial charge >= 0.3 is 0 Å². The molecule has 2 aromatic rings. The van der Waals surface area contributed by atoms with E-state index in [0.717, 1.165) is 21.7 Å². The van der Waals surface area contributed by atoms with Gasteiger partial charge in [0.05, 0.1) is 22.0 Å². The van der Waals surface area contributed by atoms with Crippen molar-refractivity contribution < 1.29 is 18.0 Å². The SMILES string of the molecule is CC[C@H](C(=O)NC(C)(C)C)N(Cc1ccc(Cl)c(Cl)c1)C(=O)CN(c1cc(C)cc(C)c1)S(C)(=O)=O. The fourth-order valence-electron chi connectivity index (χ4n) is 3.92. The van der Waals surface area contributed by atoms with Gasteiger partial charge in [0.2, 0.25) is 21.8 Å². The first-order valence-corrected chi connectivity index (χ1v) is 14.2. The molecule has 0 fully saturated rings. The summed E-state index contributed by atoms with van der Waals surface area (Å²) in [6, 6.07) is 9.51. The monoisotopic (exact) mass is 555 g/mol. The summed E-state index contributed by atoms with van der Waals surface area (Å²) in [5.74, 6) is -0.836.